The second-order valence-electron chi connectivity index (χ2n) is 4.35. The molecule has 1 aliphatic rings. The number of ether oxygens (including phenoxy) is 1. The molecular formula is C12H18FN3O. The maximum Gasteiger partial charge on any atom is 0.186 e. The topological polar surface area (TPSA) is 47.0 Å². The molecule has 17 heavy (non-hydrogen) atoms. The van der Waals surface area contributed by atoms with Crippen molar-refractivity contribution >= 4 is 5.82 Å². The second-order valence-corrected chi connectivity index (χ2v) is 4.35. The van der Waals surface area contributed by atoms with Gasteiger partial charge in [0.2, 0.25) is 0 Å². The molecule has 2 heterocycles. The van der Waals surface area contributed by atoms with Gasteiger partial charge in [-0.1, -0.05) is 0 Å². The molecule has 0 aromatic carbocycles. The third-order valence-corrected chi connectivity index (χ3v) is 2.90. The number of nitrogens with one attached hydrogen (secondary N) is 1. The van der Waals surface area contributed by atoms with Crippen molar-refractivity contribution in [1.29, 1.82) is 0 Å². The van der Waals surface area contributed by atoms with Gasteiger partial charge in [-0.2, -0.15) is 0 Å². The van der Waals surface area contributed by atoms with Crippen molar-refractivity contribution in [1.82, 2.24) is 9.97 Å². The molecule has 1 saturated heterocycles. The Bertz CT molecular complexity index is 392. The molecule has 0 spiro atoms. The molecule has 1 fully saturated rings. The lowest BCUT2D eigenvalue weighted by molar-refractivity contribution is 0.185. The van der Waals surface area contributed by atoms with Crippen LogP contribution in [0.5, 0.6) is 0 Å². The van der Waals surface area contributed by atoms with Gasteiger partial charge in [0, 0.05) is 26.2 Å². The zero-order valence-electron chi connectivity index (χ0n) is 10.3. The van der Waals surface area contributed by atoms with Crippen molar-refractivity contribution in [3.63, 3.8) is 0 Å². The molecule has 5 heteroatoms. The van der Waals surface area contributed by atoms with Gasteiger partial charge >= 0.3 is 0 Å². The van der Waals surface area contributed by atoms with Gasteiger partial charge in [-0.3, -0.25) is 0 Å². The van der Waals surface area contributed by atoms with Crippen LogP contribution in [0.15, 0.2) is 0 Å². The van der Waals surface area contributed by atoms with Crippen molar-refractivity contribution in [2.75, 3.05) is 25.1 Å². The van der Waals surface area contributed by atoms with Gasteiger partial charge in [0.05, 0.1) is 5.69 Å². The number of aromatic nitrogens is 2. The van der Waals surface area contributed by atoms with Crippen LogP contribution < -0.4 is 5.32 Å². The van der Waals surface area contributed by atoms with Crippen LogP contribution in [0, 0.1) is 18.7 Å². The van der Waals surface area contributed by atoms with E-state index in [1.54, 1.807) is 6.92 Å². The number of rotatable bonds is 4. The summed E-state index contributed by atoms with van der Waals surface area (Å²) in [7, 11) is 0. The molecule has 0 aliphatic carbocycles. The fraction of sp³-hybridized carbons (Fsp3) is 0.667. The number of nitrogens with zero attached hydrogens (tertiary/aromatic N) is 2. The Morgan fingerprint density at radius 3 is 2.94 bits per heavy atom. The van der Waals surface area contributed by atoms with E-state index in [4.69, 9.17) is 4.74 Å². The second kappa shape index (κ2) is 5.40. The van der Waals surface area contributed by atoms with Crippen LogP contribution in [0.1, 0.15) is 24.9 Å². The van der Waals surface area contributed by atoms with Crippen molar-refractivity contribution in [3.05, 3.63) is 17.3 Å². The minimum Gasteiger partial charge on any atom is -0.381 e. The summed E-state index contributed by atoms with van der Waals surface area (Å²) < 4.78 is 19.0. The number of anilines is 1. The highest BCUT2D eigenvalue weighted by molar-refractivity contribution is 5.37. The van der Waals surface area contributed by atoms with Crippen molar-refractivity contribution in [2.45, 2.75) is 26.7 Å². The molecule has 1 aliphatic heterocycles. The minimum absolute atomic E-state index is 0.314. The predicted molar refractivity (Wildman–Crippen MR) is 63.5 cm³/mol. The summed E-state index contributed by atoms with van der Waals surface area (Å²) in [5, 5.41) is 2.92. The predicted octanol–water partition coefficient (Wildman–Crippen LogP) is 1.93. The van der Waals surface area contributed by atoms with Crippen molar-refractivity contribution in [3.8, 4) is 0 Å². The van der Waals surface area contributed by atoms with Crippen LogP contribution >= 0.6 is 0 Å². The largest absolute Gasteiger partial charge is 0.381 e. The van der Waals surface area contributed by atoms with E-state index in [2.05, 4.69) is 15.3 Å². The lowest BCUT2D eigenvalue weighted by atomic mass is 10.0. The average molecular weight is 239 g/mol. The van der Waals surface area contributed by atoms with Gasteiger partial charge in [-0.15, -0.1) is 0 Å². The lowest BCUT2D eigenvalue weighted by Crippen LogP contribution is -2.12. The van der Waals surface area contributed by atoms with Crippen LogP contribution in [-0.2, 0) is 11.2 Å². The summed E-state index contributed by atoms with van der Waals surface area (Å²) in [5.41, 5.74) is 0.407. The van der Waals surface area contributed by atoms with Gasteiger partial charge in [-0.25, -0.2) is 14.4 Å². The first-order valence-electron chi connectivity index (χ1n) is 6.05. The summed E-state index contributed by atoms with van der Waals surface area (Å²) in [4.78, 5) is 8.43. The SMILES string of the molecule is CCNc1nc(CC2CCOC2)nc(C)c1F. The van der Waals surface area contributed by atoms with Crippen LogP contribution in [0.2, 0.25) is 0 Å². The summed E-state index contributed by atoms with van der Waals surface area (Å²) in [6, 6.07) is 0. The third kappa shape index (κ3) is 2.91. The van der Waals surface area contributed by atoms with Crippen LogP contribution in [-0.4, -0.2) is 29.7 Å². The molecule has 94 valence electrons. The Labute approximate surface area is 101 Å². The van der Waals surface area contributed by atoms with Crippen LogP contribution in [0.4, 0.5) is 10.2 Å². The molecule has 1 atom stereocenters. The Kier molecular flexibility index (Phi) is 3.89. The van der Waals surface area contributed by atoms with Gasteiger partial charge < -0.3 is 10.1 Å². The summed E-state index contributed by atoms with van der Waals surface area (Å²) in [6.45, 7) is 5.81. The Balaban J connectivity index is 2.16. The smallest absolute Gasteiger partial charge is 0.186 e. The van der Waals surface area contributed by atoms with Gasteiger partial charge in [0.15, 0.2) is 11.6 Å². The Morgan fingerprint density at radius 2 is 2.29 bits per heavy atom. The van der Waals surface area contributed by atoms with Gasteiger partial charge in [0.1, 0.15) is 5.82 Å². The molecule has 4 nitrogen and oxygen atoms in total. The normalized spacial score (nSPS) is 19.6. The lowest BCUT2D eigenvalue weighted by Gasteiger charge is -2.10. The molecular weight excluding hydrogens is 221 g/mol. The number of halogens is 1. The highest BCUT2D eigenvalue weighted by Gasteiger charge is 2.19. The molecule has 1 unspecified atom stereocenters. The molecule has 2 rings (SSSR count). The molecule has 1 aromatic heterocycles. The van der Waals surface area contributed by atoms with E-state index < -0.39 is 0 Å². The standard InChI is InChI=1S/C12H18FN3O/c1-3-14-12-11(13)8(2)15-10(16-12)6-9-4-5-17-7-9/h9H,3-7H2,1-2H3,(H,14,15,16). The maximum atomic E-state index is 13.7. The first-order valence-corrected chi connectivity index (χ1v) is 6.05. The van der Waals surface area contributed by atoms with E-state index in [-0.39, 0.29) is 5.82 Å². The van der Waals surface area contributed by atoms with E-state index in [0.29, 0.717) is 29.8 Å². The third-order valence-electron chi connectivity index (χ3n) is 2.90. The monoisotopic (exact) mass is 239 g/mol. The Hall–Kier alpha value is -1.23. The molecule has 0 bridgehead atoms. The molecule has 0 radical (unpaired) electrons. The number of aryl methyl sites for hydroxylation is 1. The number of hydrogen-bond acceptors (Lipinski definition) is 4. The molecule has 1 aromatic rings. The highest BCUT2D eigenvalue weighted by Crippen LogP contribution is 2.19. The quantitative estimate of drug-likeness (QED) is 0.872. The van der Waals surface area contributed by atoms with E-state index in [0.717, 1.165) is 26.1 Å². The first kappa shape index (κ1) is 12.2. The van der Waals surface area contributed by atoms with Crippen molar-refractivity contribution in [2.24, 2.45) is 5.92 Å². The molecule has 0 amide bonds. The maximum absolute atomic E-state index is 13.7. The average Bonchev–Trinajstić information content (AvgIpc) is 2.78. The van der Waals surface area contributed by atoms with Crippen LogP contribution in [0.25, 0.3) is 0 Å². The molecule has 0 saturated carbocycles. The fourth-order valence-corrected chi connectivity index (χ4v) is 2.00. The fourth-order valence-electron chi connectivity index (χ4n) is 2.00. The first-order chi connectivity index (χ1) is 8.20. The van der Waals surface area contributed by atoms with Gasteiger partial charge in [0.25, 0.3) is 0 Å². The number of hydrogen-bond donors (Lipinski definition) is 1. The van der Waals surface area contributed by atoms with Crippen molar-refractivity contribution < 1.29 is 9.13 Å². The summed E-state index contributed by atoms with van der Waals surface area (Å²) >= 11 is 0. The Morgan fingerprint density at radius 1 is 1.47 bits per heavy atom. The zero-order valence-corrected chi connectivity index (χ0v) is 10.3. The van der Waals surface area contributed by atoms with Gasteiger partial charge in [-0.05, 0) is 26.2 Å². The van der Waals surface area contributed by atoms with E-state index in [1.807, 2.05) is 6.92 Å². The van der Waals surface area contributed by atoms with E-state index in [9.17, 15) is 4.39 Å². The molecule has 1 N–H and O–H groups in total. The summed E-state index contributed by atoms with van der Waals surface area (Å²) in [6.07, 6.45) is 1.80. The van der Waals surface area contributed by atoms with E-state index in [1.165, 1.54) is 0 Å². The van der Waals surface area contributed by atoms with E-state index >= 15 is 0 Å². The minimum atomic E-state index is -0.349. The zero-order chi connectivity index (χ0) is 12.3. The summed E-state index contributed by atoms with van der Waals surface area (Å²) in [5.74, 6) is 1.14. The highest BCUT2D eigenvalue weighted by atomic mass is 19.1. The van der Waals surface area contributed by atoms with Crippen LogP contribution in [0.3, 0.4) is 0 Å².